The maximum Gasteiger partial charge on any atom is 0.306 e. The number of ketones is 2. The second kappa shape index (κ2) is 16.2. The van der Waals surface area contributed by atoms with E-state index in [0.29, 0.717) is 36.9 Å². The van der Waals surface area contributed by atoms with E-state index >= 15 is 4.39 Å². The molecule has 4 aliphatic rings. The number of esters is 2. The van der Waals surface area contributed by atoms with Gasteiger partial charge >= 0.3 is 11.9 Å². The summed E-state index contributed by atoms with van der Waals surface area (Å²) in [7, 11) is 0. The number of hydrogen-bond acceptors (Lipinski definition) is 11. The van der Waals surface area contributed by atoms with Crippen LogP contribution in [0.1, 0.15) is 76.3 Å². The number of alkyl halides is 1. The molecule has 1 amide bonds. The van der Waals surface area contributed by atoms with Crippen molar-refractivity contribution in [3.05, 3.63) is 95.9 Å². The van der Waals surface area contributed by atoms with Crippen LogP contribution in [0.15, 0.2) is 84.7 Å². The van der Waals surface area contributed by atoms with Crippen LogP contribution in [0.25, 0.3) is 10.8 Å². The number of nitrogens with two attached hydrogens (primary N) is 1. The number of aromatic nitrogens is 1. The van der Waals surface area contributed by atoms with Gasteiger partial charge in [-0.3, -0.25) is 29.0 Å². The summed E-state index contributed by atoms with van der Waals surface area (Å²) in [5.74, 6) is -4.97. The van der Waals surface area contributed by atoms with E-state index in [1.165, 1.54) is 12.2 Å². The molecule has 0 unspecified atom stereocenters. The second-order valence-corrected chi connectivity index (χ2v) is 17.2. The van der Waals surface area contributed by atoms with Crippen molar-refractivity contribution in [2.45, 2.75) is 89.0 Å². The molecule has 59 heavy (non-hydrogen) atoms. The molecular weight excluding hydrogens is 758 g/mol. The number of nitrogens with zero attached hydrogens (tertiary/aromatic N) is 1. The number of ether oxygens (including phenoxy) is 2. The highest BCUT2D eigenvalue weighted by Gasteiger charge is 2.75. The molecular formula is C46H52FN3O9. The highest BCUT2D eigenvalue weighted by Crippen LogP contribution is 2.70. The summed E-state index contributed by atoms with van der Waals surface area (Å²) in [4.78, 5) is 68.3. The molecule has 4 aliphatic carbocycles. The minimum Gasteiger partial charge on any atom is -0.465 e. The number of nitrogens with one attached hydrogen (secondary N) is 1. The van der Waals surface area contributed by atoms with Crippen molar-refractivity contribution in [1.82, 2.24) is 4.98 Å². The molecule has 1 heterocycles. The molecule has 12 nitrogen and oxygen atoms in total. The first-order valence-electron chi connectivity index (χ1n) is 20.4. The van der Waals surface area contributed by atoms with Gasteiger partial charge in [-0.2, -0.15) is 0 Å². The predicted molar refractivity (Wildman–Crippen MR) is 216 cm³/mol. The Morgan fingerprint density at radius 2 is 1.75 bits per heavy atom. The second-order valence-electron chi connectivity index (χ2n) is 17.2. The van der Waals surface area contributed by atoms with Crippen LogP contribution in [0.4, 0.5) is 10.1 Å². The third-order valence-electron chi connectivity index (χ3n) is 14.0. The predicted octanol–water partition coefficient (Wildman–Crippen LogP) is 5.24. The molecule has 5 N–H and O–H groups in total. The smallest absolute Gasteiger partial charge is 0.306 e. The molecule has 3 saturated carbocycles. The topological polar surface area (TPSA) is 195 Å². The van der Waals surface area contributed by atoms with Crippen molar-refractivity contribution in [2.24, 2.45) is 34.3 Å². The number of benzene rings is 2. The Hall–Kier alpha value is -5.11. The summed E-state index contributed by atoms with van der Waals surface area (Å²) in [6.45, 7) is 4.55. The number of rotatable bonds is 13. The van der Waals surface area contributed by atoms with Crippen molar-refractivity contribution >= 4 is 45.9 Å². The van der Waals surface area contributed by atoms with Crippen LogP contribution in [-0.4, -0.2) is 81.7 Å². The number of Topliss-reactive ketones (excluding diaryl/α,β-unsaturated/α-hetero) is 1. The monoisotopic (exact) mass is 809 g/mol. The van der Waals surface area contributed by atoms with E-state index in [9.17, 15) is 34.2 Å². The zero-order valence-electron chi connectivity index (χ0n) is 33.6. The molecule has 3 fully saturated rings. The fourth-order valence-electron chi connectivity index (χ4n) is 10.7. The summed E-state index contributed by atoms with van der Waals surface area (Å²) >= 11 is 0. The Balaban J connectivity index is 0.866. The van der Waals surface area contributed by atoms with Crippen LogP contribution in [0.3, 0.4) is 0 Å². The van der Waals surface area contributed by atoms with E-state index in [2.05, 4.69) is 10.3 Å². The molecule has 3 aromatic rings. The first-order chi connectivity index (χ1) is 28.0. The van der Waals surface area contributed by atoms with Crippen LogP contribution in [0.2, 0.25) is 0 Å². The third kappa shape index (κ3) is 7.31. The molecule has 312 valence electrons. The minimum atomic E-state index is -2.11. The zero-order chi connectivity index (χ0) is 42.3. The largest absolute Gasteiger partial charge is 0.465 e. The fraction of sp³-hybridized carbons (Fsp3) is 0.478. The normalized spacial score (nSPS) is 31.3. The highest BCUT2D eigenvalue weighted by atomic mass is 19.1. The van der Waals surface area contributed by atoms with Gasteiger partial charge in [0.2, 0.25) is 11.7 Å². The lowest BCUT2D eigenvalue weighted by Crippen LogP contribution is -2.69. The van der Waals surface area contributed by atoms with Gasteiger partial charge in [0.15, 0.2) is 18.1 Å². The first-order valence-corrected chi connectivity index (χ1v) is 20.4. The number of amides is 1. The van der Waals surface area contributed by atoms with Crippen molar-refractivity contribution in [3.63, 3.8) is 0 Å². The number of fused-ring (bicyclic) bond motifs is 6. The highest BCUT2D eigenvalue weighted by molar-refractivity contribution is 6.01. The quantitative estimate of drug-likeness (QED) is 0.165. The zero-order valence-corrected chi connectivity index (χ0v) is 33.6. The lowest BCUT2D eigenvalue weighted by molar-refractivity contribution is -0.220. The number of hydrogen-bond donors (Lipinski definition) is 4. The molecule has 13 heteroatoms. The van der Waals surface area contributed by atoms with Gasteiger partial charge in [-0.25, -0.2) is 4.39 Å². The molecule has 0 saturated heterocycles. The van der Waals surface area contributed by atoms with Crippen LogP contribution in [0.5, 0.6) is 0 Å². The van der Waals surface area contributed by atoms with E-state index in [1.54, 1.807) is 39.2 Å². The Bertz CT molecular complexity index is 2230. The van der Waals surface area contributed by atoms with Crippen molar-refractivity contribution in [3.8, 4) is 0 Å². The summed E-state index contributed by atoms with van der Waals surface area (Å²) in [6, 6.07) is 14.7. The molecule has 9 atom stereocenters. The lowest BCUT2D eigenvalue weighted by atomic mass is 9.44. The van der Waals surface area contributed by atoms with Crippen LogP contribution in [0, 0.1) is 28.6 Å². The van der Waals surface area contributed by atoms with Gasteiger partial charge in [0.05, 0.1) is 31.5 Å². The third-order valence-corrected chi connectivity index (χ3v) is 14.0. The summed E-state index contributed by atoms with van der Waals surface area (Å²) in [5.41, 5.74) is 2.36. The molecule has 1 aromatic heterocycles. The van der Waals surface area contributed by atoms with Gasteiger partial charge in [-0.15, -0.1) is 0 Å². The number of halogens is 1. The number of allylic oxidation sites excluding steroid dienone is 4. The molecule has 0 radical (unpaired) electrons. The van der Waals surface area contributed by atoms with Crippen LogP contribution in [-0.2, 0) is 39.9 Å². The van der Waals surface area contributed by atoms with Gasteiger partial charge in [0.1, 0.15) is 5.60 Å². The molecule has 2 aromatic carbocycles. The van der Waals surface area contributed by atoms with Gasteiger partial charge in [-0.1, -0.05) is 55.8 Å². The number of aliphatic hydroxyl groups is 2. The summed E-state index contributed by atoms with van der Waals surface area (Å²) in [6.07, 6.45) is 6.99. The van der Waals surface area contributed by atoms with Gasteiger partial charge < -0.3 is 30.7 Å². The van der Waals surface area contributed by atoms with E-state index in [4.69, 9.17) is 15.2 Å². The average molecular weight is 810 g/mol. The fourth-order valence-corrected chi connectivity index (χ4v) is 10.7. The van der Waals surface area contributed by atoms with E-state index in [0.717, 1.165) is 21.9 Å². The number of carbonyl (C=O) groups excluding carboxylic acids is 5. The van der Waals surface area contributed by atoms with Crippen LogP contribution >= 0.6 is 0 Å². The molecule has 0 bridgehead atoms. The Morgan fingerprint density at radius 1 is 1.02 bits per heavy atom. The summed E-state index contributed by atoms with van der Waals surface area (Å²) in [5, 5.41) is 28.5. The first kappa shape index (κ1) is 42.0. The van der Waals surface area contributed by atoms with Crippen molar-refractivity contribution in [2.75, 3.05) is 25.1 Å². The number of pyridine rings is 1. The Morgan fingerprint density at radius 3 is 2.47 bits per heavy atom. The van der Waals surface area contributed by atoms with E-state index in [1.807, 2.05) is 48.5 Å². The van der Waals surface area contributed by atoms with Gasteiger partial charge in [0, 0.05) is 53.2 Å². The van der Waals surface area contributed by atoms with Crippen molar-refractivity contribution < 1.29 is 48.0 Å². The lowest BCUT2D eigenvalue weighted by Gasteiger charge is -2.62. The van der Waals surface area contributed by atoms with Gasteiger partial charge in [0.25, 0.3) is 0 Å². The Labute approximate surface area is 342 Å². The number of aliphatic hydroxyl groups excluding tert-OH is 1. The van der Waals surface area contributed by atoms with Crippen molar-refractivity contribution in [1.29, 1.82) is 0 Å². The maximum atomic E-state index is 17.4. The molecule has 0 spiro atoms. The molecule has 7 rings (SSSR count). The maximum absolute atomic E-state index is 17.4. The summed E-state index contributed by atoms with van der Waals surface area (Å²) < 4.78 is 28.0. The van der Waals surface area contributed by atoms with E-state index in [-0.39, 0.29) is 44.1 Å². The average Bonchev–Trinajstić information content (AvgIpc) is 3.42. The van der Waals surface area contributed by atoms with Gasteiger partial charge in [-0.05, 0) is 91.3 Å². The van der Waals surface area contributed by atoms with Crippen LogP contribution < -0.4 is 11.1 Å². The Kier molecular flexibility index (Phi) is 11.5. The molecule has 0 aliphatic heterocycles. The SMILES string of the molecule is C[C@@H]1C[C@H]2[C@@H]3CCC4=CC(=O)C=C[C@]4(C)[C@@]3(F)[C@@H](O)C[C@]2(C)[C@@]1(O)C(=O)COC(=O)CCC(=O)OCCc1ccc([C@@H](CN)C(=O)Nc2ccc3cnccc3c2)cc1. The minimum absolute atomic E-state index is 0.0485. The van der Waals surface area contributed by atoms with E-state index < -0.39 is 76.2 Å². The number of carbonyl (C=O) groups is 5. The number of anilines is 1. The standard InChI is InChI=1S/C46H52FN3O9/c1-27-20-37-36-11-9-32-22-34(51)14-17-43(32,2)45(36,47)38(52)23-44(37,3)46(27,57)39(53)26-59-41(55)13-12-40(54)58-19-16-28-4-6-29(7-5-28)35(24-48)42(56)50-33-10-8-31-25-49-18-15-30(31)21-33/h4-8,10,14-15,17-18,21-22,25,27,35-38,52,57H,9,11-13,16,19-20,23-24,26,48H2,1-3H3,(H,50,56)/t27-,35-,36+,37+,38+,43+,44+,45+,46+/m1/s1.